The van der Waals surface area contributed by atoms with Crippen molar-refractivity contribution in [1.82, 2.24) is 5.43 Å². The Balaban J connectivity index is 1.65. The highest BCUT2D eigenvalue weighted by molar-refractivity contribution is 9.10. The number of nitrogens with one attached hydrogen (secondary N) is 1. The molecule has 0 fully saturated rings. The molecule has 1 atom stereocenters. The SMILES string of the molecule is Cc1cccc(C(=O)Oc2ccc(Br)cc2/C=N\NC(=O)[C@@H](C)Oc2ccc(Cl)cc2)c1. The number of halogens is 2. The van der Waals surface area contributed by atoms with Crippen LogP contribution in [0, 0.1) is 6.92 Å². The molecule has 8 heteroatoms. The van der Waals surface area contributed by atoms with Crippen LogP contribution in [0.5, 0.6) is 11.5 Å². The van der Waals surface area contributed by atoms with Crippen LogP contribution in [0.1, 0.15) is 28.4 Å². The second-order valence-corrected chi connectivity index (χ2v) is 8.24. The van der Waals surface area contributed by atoms with Gasteiger partial charge in [-0.2, -0.15) is 5.10 Å². The average molecular weight is 516 g/mol. The zero-order valence-electron chi connectivity index (χ0n) is 17.3. The summed E-state index contributed by atoms with van der Waals surface area (Å²) >= 11 is 9.23. The molecule has 0 aliphatic rings. The fraction of sp³-hybridized carbons (Fsp3) is 0.125. The van der Waals surface area contributed by atoms with Gasteiger partial charge in [-0.3, -0.25) is 4.79 Å². The standard InChI is InChI=1S/C24H20BrClN2O4/c1-15-4-3-5-17(12-15)24(30)32-22-11-6-19(25)13-18(22)14-27-28-23(29)16(2)31-21-9-7-20(26)8-10-21/h3-14,16H,1-2H3,(H,28,29)/b27-14-/t16-/m1/s1. The van der Waals surface area contributed by atoms with Gasteiger partial charge in [-0.25, -0.2) is 10.2 Å². The third-order valence-corrected chi connectivity index (χ3v) is 5.05. The minimum Gasteiger partial charge on any atom is -0.481 e. The summed E-state index contributed by atoms with van der Waals surface area (Å²) in [4.78, 5) is 24.8. The van der Waals surface area contributed by atoms with E-state index < -0.39 is 18.0 Å². The maximum absolute atomic E-state index is 12.5. The van der Waals surface area contributed by atoms with E-state index in [1.807, 2.05) is 13.0 Å². The Morgan fingerprint density at radius 3 is 2.56 bits per heavy atom. The molecular weight excluding hydrogens is 496 g/mol. The van der Waals surface area contributed by atoms with Crippen molar-refractivity contribution in [2.45, 2.75) is 20.0 Å². The van der Waals surface area contributed by atoms with E-state index >= 15 is 0 Å². The molecule has 0 saturated carbocycles. The highest BCUT2D eigenvalue weighted by atomic mass is 79.9. The predicted octanol–water partition coefficient (Wildman–Crippen LogP) is 5.55. The number of hydrogen-bond donors (Lipinski definition) is 1. The lowest BCUT2D eigenvalue weighted by Gasteiger charge is -2.13. The zero-order valence-corrected chi connectivity index (χ0v) is 19.7. The summed E-state index contributed by atoms with van der Waals surface area (Å²) < 4.78 is 11.9. The second kappa shape index (κ2) is 10.9. The van der Waals surface area contributed by atoms with Crippen LogP contribution in [0.4, 0.5) is 0 Å². The van der Waals surface area contributed by atoms with Crippen molar-refractivity contribution in [2.75, 3.05) is 0 Å². The molecule has 0 aliphatic carbocycles. The topological polar surface area (TPSA) is 77.0 Å². The average Bonchev–Trinajstić information content (AvgIpc) is 2.77. The first-order valence-electron chi connectivity index (χ1n) is 9.65. The lowest BCUT2D eigenvalue weighted by Crippen LogP contribution is -2.33. The maximum Gasteiger partial charge on any atom is 0.343 e. The van der Waals surface area contributed by atoms with Crippen molar-refractivity contribution in [2.24, 2.45) is 5.10 Å². The minimum absolute atomic E-state index is 0.308. The molecule has 32 heavy (non-hydrogen) atoms. The molecule has 0 bridgehead atoms. The molecule has 0 saturated heterocycles. The second-order valence-electron chi connectivity index (χ2n) is 6.89. The van der Waals surface area contributed by atoms with E-state index in [4.69, 9.17) is 21.1 Å². The van der Waals surface area contributed by atoms with Gasteiger partial charge in [0.15, 0.2) is 6.10 Å². The van der Waals surface area contributed by atoms with Crippen molar-refractivity contribution in [1.29, 1.82) is 0 Å². The molecule has 0 radical (unpaired) electrons. The van der Waals surface area contributed by atoms with Crippen LogP contribution in [0.15, 0.2) is 76.3 Å². The highest BCUT2D eigenvalue weighted by Gasteiger charge is 2.15. The van der Waals surface area contributed by atoms with Crippen molar-refractivity contribution >= 4 is 45.6 Å². The number of benzene rings is 3. The molecule has 0 spiro atoms. The lowest BCUT2D eigenvalue weighted by molar-refractivity contribution is -0.127. The number of hydrazone groups is 1. The molecule has 1 amide bonds. The summed E-state index contributed by atoms with van der Waals surface area (Å²) in [5.74, 6) is -0.106. The molecule has 3 rings (SSSR count). The van der Waals surface area contributed by atoms with E-state index in [1.54, 1.807) is 67.6 Å². The number of rotatable bonds is 7. The Bertz CT molecular complexity index is 1150. The van der Waals surface area contributed by atoms with Gasteiger partial charge in [0.05, 0.1) is 11.8 Å². The van der Waals surface area contributed by atoms with Gasteiger partial charge in [0.25, 0.3) is 5.91 Å². The Kier molecular flexibility index (Phi) is 8.03. The summed E-state index contributed by atoms with van der Waals surface area (Å²) in [6, 6.07) is 18.9. The summed E-state index contributed by atoms with van der Waals surface area (Å²) in [6.07, 6.45) is 0.616. The van der Waals surface area contributed by atoms with Gasteiger partial charge in [0, 0.05) is 15.1 Å². The van der Waals surface area contributed by atoms with Crippen LogP contribution < -0.4 is 14.9 Å². The van der Waals surface area contributed by atoms with Gasteiger partial charge < -0.3 is 9.47 Å². The van der Waals surface area contributed by atoms with Crippen LogP contribution >= 0.6 is 27.5 Å². The molecule has 0 aliphatic heterocycles. The van der Waals surface area contributed by atoms with Gasteiger partial charge in [-0.1, -0.05) is 45.2 Å². The summed E-state index contributed by atoms with van der Waals surface area (Å²) in [5, 5.41) is 4.55. The van der Waals surface area contributed by atoms with Crippen LogP contribution in [0.25, 0.3) is 0 Å². The van der Waals surface area contributed by atoms with E-state index in [2.05, 4.69) is 26.5 Å². The van der Waals surface area contributed by atoms with E-state index in [-0.39, 0.29) is 0 Å². The quantitative estimate of drug-likeness (QED) is 0.194. The Labute approximate surface area is 199 Å². The van der Waals surface area contributed by atoms with Crippen LogP contribution in [-0.2, 0) is 4.79 Å². The molecule has 1 N–H and O–H groups in total. The van der Waals surface area contributed by atoms with Gasteiger partial charge >= 0.3 is 5.97 Å². The number of nitrogens with zero attached hydrogens (tertiary/aromatic N) is 1. The molecular formula is C24H20BrClN2O4. The van der Waals surface area contributed by atoms with Crippen molar-refractivity contribution in [3.05, 3.63) is 92.9 Å². The summed E-state index contributed by atoms with van der Waals surface area (Å²) in [6.45, 7) is 3.50. The van der Waals surface area contributed by atoms with Crippen LogP contribution in [-0.4, -0.2) is 24.2 Å². The van der Waals surface area contributed by atoms with Crippen molar-refractivity contribution < 1.29 is 19.1 Å². The summed E-state index contributed by atoms with van der Waals surface area (Å²) in [5.41, 5.74) is 4.33. The Hall–Kier alpha value is -3.16. The van der Waals surface area contributed by atoms with Gasteiger partial charge in [-0.05, 0) is 68.4 Å². The zero-order chi connectivity index (χ0) is 23.1. The first-order chi connectivity index (χ1) is 15.3. The van der Waals surface area contributed by atoms with E-state index in [1.165, 1.54) is 6.21 Å². The minimum atomic E-state index is -0.783. The molecule has 3 aromatic carbocycles. The monoisotopic (exact) mass is 514 g/mol. The van der Waals surface area contributed by atoms with Gasteiger partial charge in [0.2, 0.25) is 0 Å². The van der Waals surface area contributed by atoms with Crippen LogP contribution in [0.3, 0.4) is 0 Å². The lowest BCUT2D eigenvalue weighted by atomic mass is 10.1. The highest BCUT2D eigenvalue weighted by Crippen LogP contribution is 2.23. The van der Waals surface area contributed by atoms with E-state index in [0.29, 0.717) is 27.6 Å². The first kappa shape index (κ1) is 23.5. The fourth-order valence-corrected chi connectivity index (χ4v) is 3.18. The molecule has 6 nitrogen and oxygen atoms in total. The van der Waals surface area contributed by atoms with E-state index in [9.17, 15) is 9.59 Å². The van der Waals surface area contributed by atoms with Crippen LogP contribution in [0.2, 0.25) is 5.02 Å². The largest absolute Gasteiger partial charge is 0.481 e. The Morgan fingerprint density at radius 1 is 1.09 bits per heavy atom. The normalized spacial score (nSPS) is 11.8. The third-order valence-electron chi connectivity index (χ3n) is 4.30. The number of hydrogen-bond acceptors (Lipinski definition) is 5. The number of esters is 1. The van der Waals surface area contributed by atoms with Crippen molar-refractivity contribution in [3.63, 3.8) is 0 Å². The molecule has 0 aromatic heterocycles. The number of carbonyl (C=O) groups is 2. The van der Waals surface area contributed by atoms with Gasteiger partial charge in [0.1, 0.15) is 11.5 Å². The van der Waals surface area contributed by atoms with Gasteiger partial charge in [-0.15, -0.1) is 0 Å². The number of amides is 1. The fourth-order valence-electron chi connectivity index (χ4n) is 2.67. The molecule has 3 aromatic rings. The molecule has 0 unspecified atom stereocenters. The number of ether oxygens (including phenoxy) is 2. The smallest absolute Gasteiger partial charge is 0.343 e. The first-order valence-corrected chi connectivity index (χ1v) is 10.8. The molecule has 0 heterocycles. The number of carbonyl (C=O) groups excluding carboxylic acids is 2. The summed E-state index contributed by atoms with van der Waals surface area (Å²) in [7, 11) is 0. The predicted molar refractivity (Wildman–Crippen MR) is 128 cm³/mol. The third kappa shape index (κ3) is 6.67. The maximum atomic E-state index is 12.5. The van der Waals surface area contributed by atoms with E-state index in [0.717, 1.165) is 10.0 Å². The molecule has 164 valence electrons. The Morgan fingerprint density at radius 2 is 1.84 bits per heavy atom. The van der Waals surface area contributed by atoms with Crippen molar-refractivity contribution in [3.8, 4) is 11.5 Å². The number of aryl methyl sites for hydroxylation is 1.